The molecule has 1 aromatic carbocycles. The maximum Gasteiger partial charge on any atom is 0.0924 e. The topological polar surface area (TPSA) is 53.6 Å². The number of aromatic amines is 1. The second-order valence-corrected chi connectivity index (χ2v) is 5.79. The van der Waals surface area contributed by atoms with Gasteiger partial charge in [-0.05, 0) is 31.4 Å². The maximum absolute atomic E-state index is 4.30. The number of para-hydroxylation sites is 1. The van der Waals surface area contributed by atoms with E-state index in [9.17, 15) is 0 Å². The van der Waals surface area contributed by atoms with E-state index in [0.717, 1.165) is 25.0 Å². The highest BCUT2D eigenvalue weighted by Gasteiger charge is 2.01. The Kier molecular flexibility index (Phi) is 4.40. The number of aryl methyl sites for hydroxylation is 1. The van der Waals surface area contributed by atoms with Gasteiger partial charge in [-0.1, -0.05) is 18.2 Å². The lowest BCUT2D eigenvalue weighted by Gasteiger charge is -2.05. The lowest BCUT2D eigenvalue weighted by molar-refractivity contribution is 0.623. The molecule has 20 heavy (non-hydrogen) atoms. The van der Waals surface area contributed by atoms with Crippen LogP contribution in [0.2, 0.25) is 0 Å². The molecule has 0 atom stereocenters. The number of nitrogens with zero attached hydrogens (tertiary/aromatic N) is 2. The van der Waals surface area contributed by atoms with Crippen LogP contribution in [0.1, 0.15) is 23.4 Å². The Bertz CT molecular complexity index is 645. The van der Waals surface area contributed by atoms with E-state index in [0.29, 0.717) is 0 Å². The molecule has 0 radical (unpaired) electrons. The molecule has 0 spiro atoms. The summed E-state index contributed by atoms with van der Waals surface area (Å²) in [7, 11) is 0. The summed E-state index contributed by atoms with van der Waals surface area (Å²) in [4.78, 5) is 4.30. The summed E-state index contributed by atoms with van der Waals surface area (Å²) in [6.45, 7) is 1.92. The molecule has 0 saturated carbocycles. The minimum atomic E-state index is 0.886. The number of aromatic nitrogens is 3. The first-order chi connectivity index (χ1) is 9.93. The van der Waals surface area contributed by atoms with E-state index in [2.05, 4.69) is 38.7 Å². The zero-order valence-electron chi connectivity index (χ0n) is 11.3. The number of benzene rings is 1. The molecule has 0 amide bonds. The highest BCUT2D eigenvalue weighted by molar-refractivity contribution is 7.09. The number of hydrogen-bond donors (Lipinski definition) is 2. The third-order valence-corrected chi connectivity index (χ3v) is 4.20. The summed E-state index contributed by atoms with van der Waals surface area (Å²) in [5.74, 6) is 0. The average molecular weight is 286 g/mol. The molecule has 2 aromatic heterocycles. The first-order valence-electron chi connectivity index (χ1n) is 6.93. The van der Waals surface area contributed by atoms with Gasteiger partial charge in [0.1, 0.15) is 0 Å². The van der Waals surface area contributed by atoms with Gasteiger partial charge in [-0.25, -0.2) is 4.98 Å². The van der Waals surface area contributed by atoms with Crippen molar-refractivity contribution < 1.29 is 0 Å². The van der Waals surface area contributed by atoms with Gasteiger partial charge < -0.3 is 5.32 Å². The van der Waals surface area contributed by atoms with E-state index in [1.807, 2.05) is 17.8 Å². The second kappa shape index (κ2) is 6.63. The number of nitrogens with one attached hydrogen (secondary N) is 2. The molecule has 5 heteroatoms. The first-order valence-corrected chi connectivity index (χ1v) is 7.81. The van der Waals surface area contributed by atoms with Crippen LogP contribution in [0.3, 0.4) is 0 Å². The number of fused-ring (bicyclic) bond motifs is 1. The van der Waals surface area contributed by atoms with Gasteiger partial charge in [-0.15, -0.1) is 11.3 Å². The summed E-state index contributed by atoms with van der Waals surface area (Å²) in [6, 6.07) is 6.30. The van der Waals surface area contributed by atoms with Crippen molar-refractivity contribution in [3.8, 4) is 0 Å². The van der Waals surface area contributed by atoms with Gasteiger partial charge in [0.25, 0.3) is 0 Å². The summed E-state index contributed by atoms with van der Waals surface area (Å²) >= 11 is 1.74. The Labute approximate surface area is 122 Å². The van der Waals surface area contributed by atoms with Gasteiger partial charge in [-0.2, -0.15) is 5.10 Å². The fourth-order valence-electron chi connectivity index (χ4n) is 2.30. The molecule has 0 saturated heterocycles. The van der Waals surface area contributed by atoms with Crippen LogP contribution in [0.25, 0.3) is 10.9 Å². The Hall–Kier alpha value is -1.72. The molecule has 0 aliphatic carbocycles. The zero-order valence-corrected chi connectivity index (χ0v) is 12.1. The molecule has 4 nitrogen and oxygen atoms in total. The van der Waals surface area contributed by atoms with Crippen LogP contribution in [-0.2, 0) is 13.0 Å². The van der Waals surface area contributed by atoms with E-state index < -0.39 is 0 Å². The quantitative estimate of drug-likeness (QED) is 0.656. The van der Waals surface area contributed by atoms with Gasteiger partial charge >= 0.3 is 0 Å². The SMILES string of the molecule is c1cc(CNCCCCc2nccs2)c2[nH]ncc2c1. The molecule has 2 N–H and O–H groups in total. The molecule has 3 rings (SSSR count). The molecule has 0 unspecified atom stereocenters. The smallest absolute Gasteiger partial charge is 0.0924 e. The van der Waals surface area contributed by atoms with Crippen LogP contribution < -0.4 is 5.32 Å². The van der Waals surface area contributed by atoms with Crippen LogP contribution in [0.15, 0.2) is 36.0 Å². The Morgan fingerprint density at radius 3 is 3.15 bits per heavy atom. The fraction of sp³-hybridized carbons (Fsp3) is 0.333. The first kappa shape index (κ1) is 13.3. The van der Waals surface area contributed by atoms with E-state index >= 15 is 0 Å². The summed E-state index contributed by atoms with van der Waals surface area (Å²) in [5.41, 5.74) is 2.42. The molecule has 2 heterocycles. The van der Waals surface area contributed by atoms with E-state index in [1.54, 1.807) is 11.3 Å². The van der Waals surface area contributed by atoms with Gasteiger partial charge in [0.2, 0.25) is 0 Å². The van der Waals surface area contributed by atoms with Crippen LogP contribution in [0, 0.1) is 0 Å². The predicted molar refractivity (Wildman–Crippen MR) is 82.9 cm³/mol. The molecule has 0 aliphatic heterocycles. The standard InChI is InChI=1S/C15H18N4S/c1(6-14-17-8-9-20-14)2-7-16-10-12-4-3-5-13-11-18-19-15(12)13/h3-5,8-9,11,16H,1-2,6-7,10H2,(H,18,19). The summed E-state index contributed by atoms with van der Waals surface area (Å²) in [5, 5.41) is 15.1. The summed E-state index contributed by atoms with van der Waals surface area (Å²) < 4.78 is 0. The Morgan fingerprint density at radius 1 is 1.25 bits per heavy atom. The molecule has 0 aliphatic rings. The Balaban J connectivity index is 1.40. The van der Waals surface area contributed by atoms with Crippen molar-refractivity contribution in [1.82, 2.24) is 20.5 Å². The number of unbranched alkanes of at least 4 members (excludes halogenated alkanes) is 1. The van der Waals surface area contributed by atoms with Crippen molar-refractivity contribution in [3.63, 3.8) is 0 Å². The third-order valence-electron chi connectivity index (χ3n) is 3.36. The Morgan fingerprint density at radius 2 is 2.25 bits per heavy atom. The molecule has 0 fully saturated rings. The van der Waals surface area contributed by atoms with Gasteiger partial charge in [0.15, 0.2) is 0 Å². The molecule has 104 valence electrons. The molecular weight excluding hydrogens is 268 g/mol. The minimum Gasteiger partial charge on any atom is -0.313 e. The highest BCUT2D eigenvalue weighted by Crippen LogP contribution is 2.15. The molecule has 0 bridgehead atoms. The van der Waals surface area contributed by atoms with Crippen molar-refractivity contribution in [2.75, 3.05) is 6.54 Å². The van der Waals surface area contributed by atoms with Gasteiger partial charge in [0, 0.05) is 23.5 Å². The largest absolute Gasteiger partial charge is 0.313 e. The number of rotatable bonds is 7. The normalized spacial score (nSPS) is 11.2. The zero-order chi connectivity index (χ0) is 13.6. The lowest BCUT2D eigenvalue weighted by atomic mass is 10.1. The number of hydrogen-bond acceptors (Lipinski definition) is 4. The molecular formula is C15H18N4S. The van der Waals surface area contributed by atoms with Crippen molar-refractivity contribution in [2.45, 2.75) is 25.8 Å². The van der Waals surface area contributed by atoms with Crippen molar-refractivity contribution in [3.05, 3.63) is 46.5 Å². The maximum atomic E-state index is 4.30. The number of H-pyrrole nitrogens is 1. The van der Waals surface area contributed by atoms with E-state index in [4.69, 9.17) is 0 Å². The van der Waals surface area contributed by atoms with Crippen molar-refractivity contribution in [1.29, 1.82) is 0 Å². The lowest BCUT2D eigenvalue weighted by Crippen LogP contribution is -2.15. The van der Waals surface area contributed by atoms with Crippen LogP contribution in [-0.4, -0.2) is 21.7 Å². The second-order valence-electron chi connectivity index (χ2n) is 4.81. The fourth-order valence-corrected chi connectivity index (χ4v) is 2.97. The summed E-state index contributed by atoms with van der Waals surface area (Å²) in [6.07, 6.45) is 7.21. The molecule has 3 aromatic rings. The predicted octanol–water partition coefficient (Wildman–Crippen LogP) is 3.13. The average Bonchev–Trinajstić information content (AvgIpc) is 3.13. The van der Waals surface area contributed by atoms with Gasteiger partial charge in [-0.3, -0.25) is 5.10 Å². The van der Waals surface area contributed by atoms with Crippen molar-refractivity contribution in [2.24, 2.45) is 0 Å². The number of thiazole rings is 1. The third kappa shape index (κ3) is 3.23. The van der Waals surface area contributed by atoms with Crippen LogP contribution >= 0.6 is 11.3 Å². The van der Waals surface area contributed by atoms with E-state index in [-0.39, 0.29) is 0 Å². The van der Waals surface area contributed by atoms with Crippen LogP contribution in [0.4, 0.5) is 0 Å². The highest BCUT2D eigenvalue weighted by atomic mass is 32.1. The van der Waals surface area contributed by atoms with Gasteiger partial charge in [0.05, 0.1) is 16.7 Å². The minimum absolute atomic E-state index is 0.886. The monoisotopic (exact) mass is 286 g/mol. The van der Waals surface area contributed by atoms with Crippen molar-refractivity contribution >= 4 is 22.2 Å². The van der Waals surface area contributed by atoms with Crippen LogP contribution in [0.5, 0.6) is 0 Å². The van der Waals surface area contributed by atoms with E-state index in [1.165, 1.54) is 28.8 Å².